The summed E-state index contributed by atoms with van der Waals surface area (Å²) in [7, 11) is 1.92. The lowest BCUT2D eigenvalue weighted by Crippen LogP contribution is -2.33. The number of hydrogen-bond acceptors (Lipinski definition) is 3. The Morgan fingerprint density at radius 1 is 1.31 bits per heavy atom. The molecule has 26 heavy (non-hydrogen) atoms. The smallest absolute Gasteiger partial charge is 0.337 e. The van der Waals surface area contributed by atoms with Crippen molar-refractivity contribution in [2.24, 2.45) is 7.05 Å². The van der Waals surface area contributed by atoms with Crippen LogP contribution in [-0.2, 0) is 31.1 Å². The van der Waals surface area contributed by atoms with Crippen molar-refractivity contribution in [3.63, 3.8) is 0 Å². The molecule has 0 bridgehead atoms. The molecule has 8 heteroatoms. The van der Waals surface area contributed by atoms with Crippen LogP contribution in [0.3, 0.4) is 0 Å². The lowest BCUT2D eigenvalue weighted by atomic mass is 10.1. The highest BCUT2D eigenvalue weighted by atomic mass is 19.4. The molecule has 0 aliphatic carbocycles. The van der Waals surface area contributed by atoms with E-state index in [2.05, 4.69) is 10.3 Å². The number of rotatable bonds is 5. The number of amides is 1. The van der Waals surface area contributed by atoms with Crippen molar-refractivity contribution in [1.29, 1.82) is 0 Å². The summed E-state index contributed by atoms with van der Waals surface area (Å²) in [5, 5.41) is 3.30. The number of aryl methyl sites for hydroxylation is 1. The number of alkyl halides is 3. The summed E-state index contributed by atoms with van der Waals surface area (Å²) in [6.07, 6.45) is -2.37. The number of nitrogens with zero attached hydrogens (tertiary/aromatic N) is 3. The minimum atomic E-state index is -4.42. The average Bonchev–Trinajstić information content (AvgIpc) is 3.08. The molecule has 3 rings (SSSR count). The second-order valence-corrected chi connectivity index (χ2v) is 6.57. The van der Waals surface area contributed by atoms with Gasteiger partial charge in [0, 0.05) is 45.3 Å². The van der Waals surface area contributed by atoms with Crippen molar-refractivity contribution in [1.82, 2.24) is 19.8 Å². The van der Waals surface area contributed by atoms with Crippen LogP contribution in [0.2, 0.25) is 0 Å². The first kappa shape index (κ1) is 18.4. The summed E-state index contributed by atoms with van der Waals surface area (Å²) in [4.78, 5) is 17.9. The number of likely N-dealkylation sites (tertiary alicyclic amines) is 1. The molecule has 2 aromatic rings. The SMILES string of the molecule is Cc1ncc(CNC2CC(=O)N(Cc3ccccc3C(F)(F)F)C2)n1C. The molecule has 1 aliphatic rings. The van der Waals surface area contributed by atoms with Crippen molar-refractivity contribution in [3.8, 4) is 0 Å². The molecule has 0 spiro atoms. The van der Waals surface area contributed by atoms with Crippen LogP contribution >= 0.6 is 0 Å². The van der Waals surface area contributed by atoms with Gasteiger partial charge >= 0.3 is 6.18 Å². The fourth-order valence-electron chi connectivity index (χ4n) is 3.16. The minimum Gasteiger partial charge on any atom is -0.337 e. The molecule has 0 radical (unpaired) electrons. The highest BCUT2D eigenvalue weighted by Gasteiger charge is 2.35. The molecule has 1 unspecified atom stereocenters. The van der Waals surface area contributed by atoms with E-state index in [-0.39, 0.29) is 30.5 Å². The quantitative estimate of drug-likeness (QED) is 0.885. The Kier molecular flexibility index (Phi) is 5.04. The van der Waals surface area contributed by atoms with Gasteiger partial charge in [0.05, 0.1) is 11.3 Å². The van der Waals surface area contributed by atoms with Gasteiger partial charge < -0.3 is 14.8 Å². The van der Waals surface area contributed by atoms with Crippen LogP contribution in [0.1, 0.15) is 29.1 Å². The first-order chi connectivity index (χ1) is 12.3. The monoisotopic (exact) mass is 366 g/mol. The third kappa shape index (κ3) is 3.90. The second kappa shape index (κ2) is 7.11. The molecule has 140 valence electrons. The molecule has 1 aromatic heterocycles. The summed E-state index contributed by atoms with van der Waals surface area (Å²) in [5.74, 6) is 0.760. The molecule has 1 saturated heterocycles. The van der Waals surface area contributed by atoms with E-state index in [0.29, 0.717) is 13.1 Å². The first-order valence-electron chi connectivity index (χ1n) is 8.39. The van der Waals surface area contributed by atoms with Crippen LogP contribution in [0.25, 0.3) is 0 Å². The van der Waals surface area contributed by atoms with Gasteiger partial charge in [0.2, 0.25) is 5.91 Å². The van der Waals surface area contributed by atoms with E-state index in [4.69, 9.17) is 0 Å². The Morgan fingerprint density at radius 2 is 2.04 bits per heavy atom. The third-order valence-electron chi connectivity index (χ3n) is 4.79. The van der Waals surface area contributed by atoms with Gasteiger partial charge in [-0.25, -0.2) is 4.98 Å². The molecule has 1 aliphatic heterocycles. The molecule has 1 N–H and O–H groups in total. The van der Waals surface area contributed by atoms with Gasteiger partial charge in [0.1, 0.15) is 5.82 Å². The van der Waals surface area contributed by atoms with Crippen LogP contribution in [0.15, 0.2) is 30.5 Å². The van der Waals surface area contributed by atoms with E-state index in [9.17, 15) is 18.0 Å². The number of nitrogens with one attached hydrogen (secondary N) is 1. The van der Waals surface area contributed by atoms with Gasteiger partial charge in [-0.2, -0.15) is 13.2 Å². The summed E-state index contributed by atoms with van der Waals surface area (Å²) in [6.45, 7) is 2.82. The van der Waals surface area contributed by atoms with E-state index in [1.807, 2.05) is 18.5 Å². The molecule has 1 atom stereocenters. The van der Waals surface area contributed by atoms with E-state index >= 15 is 0 Å². The maximum atomic E-state index is 13.1. The number of halogens is 3. The summed E-state index contributed by atoms with van der Waals surface area (Å²) < 4.78 is 41.3. The normalized spacial score (nSPS) is 18.0. The number of aromatic nitrogens is 2. The van der Waals surface area contributed by atoms with Crippen molar-refractivity contribution in [3.05, 3.63) is 53.1 Å². The zero-order valence-corrected chi connectivity index (χ0v) is 14.7. The minimum absolute atomic E-state index is 0.0302. The Labute approximate surface area is 149 Å². The van der Waals surface area contributed by atoms with Crippen LogP contribution < -0.4 is 5.32 Å². The van der Waals surface area contributed by atoms with E-state index in [1.165, 1.54) is 17.0 Å². The van der Waals surface area contributed by atoms with Gasteiger partial charge in [-0.3, -0.25) is 4.79 Å². The second-order valence-electron chi connectivity index (χ2n) is 6.57. The van der Waals surface area contributed by atoms with Crippen molar-refractivity contribution in [2.75, 3.05) is 6.54 Å². The maximum Gasteiger partial charge on any atom is 0.416 e. The molecular formula is C18H21F3N4O. The zero-order chi connectivity index (χ0) is 18.9. The number of carbonyl (C=O) groups is 1. The predicted octanol–water partition coefficient (Wildman–Crippen LogP) is 2.64. The standard InChI is InChI=1S/C18H21F3N4O/c1-12-22-8-15(24(12)2)9-23-14-7-17(26)25(11-14)10-13-5-3-4-6-16(13)18(19,20)21/h3-6,8,14,23H,7,9-11H2,1-2H3. The Balaban J connectivity index is 1.63. The van der Waals surface area contributed by atoms with Crippen LogP contribution in [0.4, 0.5) is 13.2 Å². The molecule has 5 nitrogen and oxygen atoms in total. The highest BCUT2D eigenvalue weighted by molar-refractivity contribution is 5.79. The molecule has 0 saturated carbocycles. The lowest BCUT2D eigenvalue weighted by molar-refractivity contribution is -0.139. The van der Waals surface area contributed by atoms with Gasteiger partial charge in [0.15, 0.2) is 0 Å². The molecule has 1 amide bonds. The molecule has 1 fully saturated rings. The van der Waals surface area contributed by atoms with Crippen LogP contribution in [-0.4, -0.2) is 32.9 Å². The number of carbonyl (C=O) groups excluding carboxylic acids is 1. The molecule has 1 aromatic carbocycles. The largest absolute Gasteiger partial charge is 0.416 e. The fraction of sp³-hybridized carbons (Fsp3) is 0.444. The average molecular weight is 366 g/mol. The lowest BCUT2D eigenvalue weighted by Gasteiger charge is -2.20. The van der Waals surface area contributed by atoms with Gasteiger partial charge in [-0.1, -0.05) is 18.2 Å². The Bertz CT molecular complexity index is 800. The van der Waals surface area contributed by atoms with E-state index < -0.39 is 11.7 Å². The molecule has 2 heterocycles. The van der Waals surface area contributed by atoms with Gasteiger partial charge in [-0.15, -0.1) is 0 Å². The van der Waals surface area contributed by atoms with Gasteiger partial charge in [-0.05, 0) is 18.6 Å². The molecular weight excluding hydrogens is 345 g/mol. The van der Waals surface area contributed by atoms with E-state index in [1.54, 1.807) is 12.3 Å². The summed E-state index contributed by atoms with van der Waals surface area (Å²) in [5.41, 5.74) is 0.432. The van der Waals surface area contributed by atoms with Crippen molar-refractivity contribution >= 4 is 5.91 Å². The van der Waals surface area contributed by atoms with E-state index in [0.717, 1.165) is 17.6 Å². The zero-order valence-electron chi connectivity index (χ0n) is 14.7. The fourth-order valence-corrected chi connectivity index (χ4v) is 3.16. The van der Waals surface area contributed by atoms with Crippen molar-refractivity contribution in [2.45, 2.75) is 38.7 Å². The topological polar surface area (TPSA) is 50.2 Å². The highest BCUT2D eigenvalue weighted by Crippen LogP contribution is 2.32. The Hall–Kier alpha value is -2.35. The number of hydrogen-bond donors (Lipinski definition) is 1. The summed E-state index contributed by atoms with van der Waals surface area (Å²) in [6, 6.07) is 5.31. The van der Waals surface area contributed by atoms with Crippen LogP contribution in [0.5, 0.6) is 0 Å². The van der Waals surface area contributed by atoms with Gasteiger partial charge in [0.25, 0.3) is 0 Å². The van der Waals surface area contributed by atoms with Crippen molar-refractivity contribution < 1.29 is 18.0 Å². The first-order valence-corrected chi connectivity index (χ1v) is 8.39. The maximum absolute atomic E-state index is 13.1. The summed E-state index contributed by atoms with van der Waals surface area (Å²) >= 11 is 0. The Morgan fingerprint density at radius 3 is 2.69 bits per heavy atom. The predicted molar refractivity (Wildman–Crippen MR) is 90.1 cm³/mol. The van der Waals surface area contributed by atoms with Crippen LogP contribution in [0, 0.1) is 6.92 Å². The number of imidazole rings is 1. The third-order valence-corrected chi connectivity index (χ3v) is 4.79. The number of benzene rings is 1.